The maximum absolute atomic E-state index is 10.4. The number of hydrogen-bond acceptors (Lipinski definition) is 11. The smallest absolute Gasteiger partial charge is 0.186 e. The Balaban J connectivity index is 1.54. The van der Waals surface area contributed by atoms with Crippen LogP contribution < -0.4 is 5.32 Å². The molecule has 0 spiro atoms. The van der Waals surface area contributed by atoms with Crippen molar-refractivity contribution in [2.24, 2.45) is 0 Å². The lowest BCUT2D eigenvalue weighted by Gasteiger charge is -2.43. The molecule has 8 N–H and O–H groups in total. The van der Waals surface area contributed by atoms with E-state index in [0.29, 0.717) is 6.54 Å². The van der Waals surface area contributed by atoms with Gasteiger partial charge in [0.1, 0.15) is 42.7 Å². The van der Waals surface area contributed by atoms with Crippen molar-refractivity contribution < 1.29 is 50.0 Å². The molecule has 4 unspecified atom stereocenters. The number of nitrogens with one attached hydrogen (secondary N) is 1. The summed E-state index contributed by atoms with van der Waals surface area (Å²) in [6, 6.07) is 8.33. The second-order valence-electron chi connectivity index (χ2n) is 7.47. The normalized spacial score (nSPS) is 42.2. The van der Waals surface area contributed by atoms with Crippen molar-refractivity contribution in [1.29, 1.82) is 0 Å². The zero-order valence-electron chi connectivity index (χ0n) is 16.1. The van der Waals surface area contributed by atoms with Crippen molar-refractivity contribution in [1.82, 2.24) is 5.32 Å². The van der Waals surface area contributed by atoms with Crippen LogP contribution >= 0.6 is 0 Å². The van der Waals surface area contributed by atoms with Gasteiger partial charge in [-0.05, 0) is 5.56 Å². The van der Waals surface area contributed by atoms with Crippen LogP contribution in [0.2, 0.25) is 0 Å². The fourth-order valence-corrected chi connectivity index (χ4v) is 3.53. The summed E-state index contributed by atoms with van der Waals surface area (Å²) in [7, 11) is 0. The summed E-state index contributed by atoms with van der Waals surface area (Å²) in [5.41, 5.74) is 0.916. The summed E-state index contributed by atoms with van der Waals surface area (Å²) in [6.45, 7) is -0.676. The number of aliphatic hydroxyl groups excluding tert-OH is 7. The molecule has 0 radical (unpaired) electrons. The van der Waals surface area contributed by atoms with Crippen LogP contribution in [0.4, 0.5) is 0 Å². The van der Waals surface area contributed by atoms with Crippen molar-refractivity contribution in [3.63, 3.8) is 0 Å². The quantitative estimate of drug-likeness (QED) is 0.214. The highest BCUT2D eigenvalue weighted by molar-refractivity contribution is 5.14. The molecule has 170 valence electrons. The number of hydrogen-bond donors (Lipinski definition) is 8. The predicted octanol–water partition coefficient (Wildman–Crippen LogP) is -3.60. The summed E-state index contributed by atoms with van der Waals surface area (Å²) in [6.07, 6.45) is -12.7. The Kier molecular flexibility index (Phi) is 8.12. The fraction of sp³-hybridized carbons (Fsp3) is 0.684. The van der Waals surface area contributed by atoms with Gasteiger partial charge in [-0.1, -0.05) is 30.3 Å². The zero-order chi connectivity index (χ0) is 21.8. The van der Waals surface area contributed by atoms with Crippen LogP contribution in [0.5, 0.6) is 0 Å². The first-order chi connectivity index (χ1) is 14.3. The number of rotatable bonds is 7. The summed E-state index contributed by atoms with van der Waals surface area (Å²) < 4.78 is 15.9. The Morgan fingerprint density at radius 1 is 0.800 bits per heavy atom. The predicted molar refractivity (Wildman–Crippen MR) is 99.7 cm³/mol. The molecule has 2 heterocycles. The molecule has 2 fully saturated rings. The highest BCUT2D eigenvalue weighted by Crippen LogP contribution is 2.25. The highest BCUT2D eigenvalue weighted by atomic mass is 16.7. The molecule has 2 aliphatic heterocycles. The molecule has 10 atom stereocenters. The van der Waals surface area contributed by atoms with E-state index in [1.54, 1.807) is 0 Å². The van der Waals surface area contributed by atoms with Crippen LogP contribution in [0.3, 0.4) is 0 Å². The number of benzene rings is 1. The average Bonchev–Trinajstić information content (AvgIpc) is 2.75. The molecule has 2 saturated heterocycles. The van der Waals surface area contributed by atoms with E-state index < -0.39 is 74.6 Å². The maximum Gasteiger partial charge on any atom is 0.186 e. The molecule has 30 heavy (non-hydrogen) atoms. The lowest BCUT2D eigenvalue weighted by atomic mass is 9.96. The van der Waals surface area contributed by atoms with Crippen molar-refractivity contribution in [2.45, 2.75) is 67.9 Å². The average molecular weight is 431 g/mol. The third-order valence-corrected chi connectivity index (χ3v) is 5.38. The molecule has 2 aliphatic rings. The van der Waals surface area contributed by atoms with Gasteiger partial charge in [0, 0.05) is 6.54 Å². The monoisotopic (exact) mass is 431 g/mol. The Morgan fingerprint density at radius 2 is 1.47 bits per heavy atom. The van der Waals surface area contributed by atoms with E-state index >= 15 is 0 Å². The van der Waals surface area contributed by atoms with Crippen molar-refractivity contribution in [2.75, 3.05) is 13.2 Å². The molecule has 3 rings (SSSR count). The van der Waals surface area contributed by atoms with Crippen molar-refractivity contribution >= 4 is 0 Å². The molecule has 0 saturated carbocycles. The van der Waals surface area contributed by atoms with Gasteiger partial charge in [0.05, 0.1) is 19.3 Å². The first kappa shape index (κ1) is 23.4. The third kappa shape index (κ3) is 5.15. The molecule has 0 aromatic heterocycles. The van der Waals surface area contributed by atoms with E-state index in [-0.39, 0.29) is 0 Å². The Hall–Kier alpha value is -1.22. The molecule has 0 aliphatic carbocycles. The summed E-state index contributed by atoms with van der Waals surface area (Å²) in [5.74, 6) is 0. The van der Waals surface area contributed by atoms with E-state index in [9.17, 15) is 35.7 Å². The molecular formula is C19H29NO10. The van der Waals surface area contributed by atoms with Crippen LogP contribution in [-0.4, -0.2) is 110 Å². The lowest BCUT2D eigenvalue weighted by molar-refractivity contribution is -0.318. The lowest BCUT2D eigenvalue weighted by Crippen LogP contribution is -2.64. The minimum atomic E-state index is -1.61. The third-order valence-electron chi connectivity index (χ3n) is 5.38. The fourth-order valence-electron chi connectivity index (χ4n) is 3.53. The van der Waals surface area contributed by atoms with E-state index in [4.69, 9.17) is 14.2 Å². The molecule has 0 amide bonds. The highest BCUT2D eigenvalue weighted by Gasteiger charge is 2.47. The van der Waals surface area contributed by atoms with E-state index in [1.807, 2.05) is 30.3 Å². The summed E-state index contributed by atoms with van der Waals surface area (Å²) in [4.78, 5) is 0. The Morgan fingerprint density at radius 3 is 2.13 bits per heavy atom. The minimum absolute atomic E-state index is 0.335. The van der Waals surface area contributed by atoms with Gasteiger partial charge in [-0.3, -0.25) is 0 Å². The maximum atomic E-state index is 10.4. The molecule has 11 heteroatoms. The number of aliphatic hydroxyl groups is 7. The number of ether oxygens (including phenoxy) is 3. The first-order valence-electron chi connectivity index (χ1n) is 9.72. The van der Waals surface area contributed by atoms with Crippen LogP contribution in [0.25, 0.3) is 0 Å². The van der Waals surface area contributed by atoms with E-state index in [1.165, 1.54) is 0 Å². The van der Waals surface area contributed by atoms with Gasteiger partial charge in [0.25, 0.3) is 0 Å². The molecule has 0 bridgehead atoms. The van der Waals surface area contributed by atoms with Crippen molar-refractivity contribution in [3.8, 4) is 0 Å². The molecule has 11 nitrogen and oxygen atoms in total. The van der Waals surface area contributed by atoms with Crippen molar-refractivity contribution in [3.05, 3.63) is 35.9 Å². The van der Waals surface area contributed by atoms with Crippen LogP contribution in [0.1, 0.15) is 5.56 Å². The van der Waals surface area contributed by atoms with Crippen LogP contribution in [0, 0.1) is 0 Å². The standard InChI is InChI=1S/C19H29NO10/c21-7-10-13(22)16(25)17(26)19(30-10)28-8-11-14(23)15(24)12(18(27)29-11)20-6-9-4-2-1-3-5-9/h1-5,10-27H,6-8H2/t10?,11?,12-,13+,14+,15?,16?,17-,18-,19-/m1/s1. The SMILES string of the molecule is OCC1O[C@@H](OCC2O[C@@H](O)[C@H](NCc3ccccc3)C(O)[C@H]2O)[C@H](O)C(O)[C@H]1O. The van der Waals surface area contributed by atoms with Gasteiger partial charge in [-0.15, -0.1) is 0 Å². The van der Waals surface area contributed by atoms with E-state index in [2.05, 4.69) is 5.32 Å². The second-order valence-corrected chi connectivity index (χ2v) is 7.47. The van der Waals surface area contributed by atoms with Gasteiger partial charge in [-0.2, -0.15) is 0 Å². The van der Waals surface area contributed by atoms with Gasteiger partial charge in [0.15, 0.2) is 12.6 Å². The minimum Gasteiger partial charge on any atom is -0.394 e. The van der Waals surface area contributed by atoms with E-state index in [0.717, 1.165) is 5.56 Å². The zero-order valence-corrected chi connectivity index (χ0v) is 16.1. The summed E-state index contributed by atoms with van der Waals surface area (Å²) >= 11 is 0. The first-order valence-corrected chi connectivity index (χ1v) is 9.72. The van der Waals surface area contributed by atoms with Crippen LogP contribution in [0.15, 0.2) is 30.3 Å². The molecular weight excluding hydrogens is 402 g/mol. The Labute approximate surface area is 173 Å². The van der Waals surface area contributed by atoms with Gasteiger partial charge < -0.3 is 55.3 Å². The van der Waals surface area contributed by atoms with Gasteiger partial charge >= 0.3 is 0 Å². The molecule has 1 aromatic carbocycles. The van der Waals surface area contributed by atoms with Gasteiger partial charge in [0.2, 0.25) is 0 Å². The largest absolute Gasteiger partial charge is 0.394 e. The van der Waals surface area contributed by atoms with Gasteiger partial charge in [-0.25, -0.2) is 0 Å². The summed E-state index contributed by atoms with van der Waals surface area (Å²) in [5, 5.41) is 72.7. The van der Waals surface area contributed by atoms with Crippen LogP contribution in [-0.2, 0) is 20.8 Å². The second kappa shape index (κ2) is 10.4. The molecule has 1 aromatic rings. The Bertz CT molecular complexity index is 649. The topological polar surface area (TPSA) is 181 Å².